The van der Waals surface area contributed by atoms with Gasteiger partial charge in [-0.05, 0) is 49.2 Å². The molecular formula is C29H25F2N5O6S. The maximum atomic E-state index is 14.8. The Kier molecular flexibility index (Phi) is 6.81. The van der Waals surface area contributed by atoms with Crippen LogP contribution in [0, 0.1) is 5.82 Å². The van der Waals surface area contributed by atoms with Crippen molar-refractivity contribution in [1.29, 1.82) is 0 Å². The van der Waals surface area contributed by atoms with E-state index in [2.05, 4.69) is 15.3 Å². The van der Waals surface area contributed by atoms with Gasteiger partial charge in [-0.1, -0.05) is 0 Å². The minimum Gasteiger partial charge on any atom is -0.484 e. The van der Waals surface area contributed by atoms with Gasteiger partial charge in [0.1, 0.15) is 24.3 Å². The molecule has 3 aromatic heterocycles. The van der Waals surface area contributed by atoms with Crippen LogP contribution in [0.2, 0.25) is 0 Å². The van der Waals surface area contributed by atoms with Crippen LogP contribution in [0.4, 0.5) is 20.3 Å². The van der Waals surface area contributed by atoms with E-state index in [1.54, 1.807) is 18.5 Å². The third-order valence-electron chi connectivity index (χ3n) is 7.38. The normalized spacial score (nSPS) is 19.1. The van der Waals surface area contributed by atoms with Crippen molar-refractivity contribution >= 4 is 38.2 Å². The number of benzene rings is 1. The van der Waals surface area contributed by atoms with E-state index in [-0.39, 0.29) is 23.8 Å². The highest BCUT2D eigenvalue weighted by Gasteiger charge is 2.35. The van der Waals surface area contributed by atoms with Crippen molar-refractivity contribution in [2.45, 2.75) is 42.5 Å². The number of nitrogens with one attached hydrogen (secondary N) is 1. The average Bonchev–Trinajstić information content (AvgIpc) is 3.84. The molecule has 1 N–H and O–H groups in total. The predicted octanol–water partition coefficient (Wildman–Crippen LogP) is 3.77. The number of carbonyl (C=O) groups is 1. The summed E-state index contributed by atoms with van der Waals surface area (Å²) in [5.74, 6) is 0.0184. The molecule has 0 spiro atoms. The SMILES string of the molecule is O=C(NCc1cc2nc(N3CCOc4c3ccnc4OC3CC3)ccc2cn1)c1cc(F)c2c(c1)S(=O)(=O)[C@@H](F)COC2. The third kappa shape index (κ3) is 5.20. The number of hydrogen-bond acceptors (Lipinski definition) is 10. The van der Waals surface area contributed by atoms with E-state index in [0.717, 1.165) is 36.0 Å². The molecule has 2 aliphatic heterocycles. The molecule has 0 unspecified atom stereocenters. The molecule has 222 valence electrons. The van der Waals surface area contributed by atoms with Crippen molar-refractivity contribution < 1.29 is 36.2 Å². The molecule has 0 saturated heterocycles. The summed E-state index contributed by atoms with van der Waals surface area (Å²) < 4.78 is 70.8. The zero-order valence-corrected chi connectivity index (χ0v) is 23.4. The van der Waals surface area contributed by atoms with Gasteiger partial charge in [-0.15, -0.1) is 0 Å². The van der Waals surface area contributed by atoms with E-state index in [1.807, 2.05) is 23.1 Å². The first kappa shape index (κ1) is 27.4. The van der Waals surface area contributed by atoms with Gasteiger partial charge in [0.25, 0.3) is 11.8 Å². The van der Waals surface area contributed by atoms with E-state index in [4.69, 9.17) is 19.2 Å². The van der Waals surface area contributed by atoms with Gasteiger partial charge in [0, 0.05) is 28.9 Å². The summed E-state index contributed by atoms with van der Waals surface area (Å²) in [5, 5.41) is 3.40. The Hall–Kier alpha value is -4.43. The van der Waals surface area contributed by atoms with Gasteiger partial charge in [0.2, 0.25) is 21.1 Å². The lowest BCUT2D eigenvalue weighted by Crippen LogP contribution is -2.29. The van der Waals surface area contributed by atoms with Crippen LogP contribution in [0.5, 0.6) is 11.6 Å². The number of fused-ring (bicyclic) bond motifs is 3. The topological polar surface area (TPSA) is 133 Å². The number of sulfone groups is 1. The number of carbonyl (C=O) groups excluding carboxylic acids is 1. The van der Waals surface area contributed by atoms with E-state index in [9.17, 15) is 22.0 Å². The number of anilines is 2. The van der Waals surface area contributed by atoms with Crippen LogP contribution >= 0.6 is 0 Å². The van der Waals surface area contributed by atoms with E-state index >= 15 is 0 Å². The molecule has 1 aliphatic carbocycles. The number of pyridine rings is 3. The van der Waals surface area contributed by atoms with Gasteiger partial charge in [0.05, 0.1) is 48.1 Å². The highest BCUT2D eigenvalue weighted by molar-refractivity contribution is 7.92. The maximum Gasteiger partial charge on any atom is 0.259 e. The van der Waals surface area contributed by atoms with Crippen LogP contribution < -0.4 is 19.7 Å². The molecule has 0 radical (unpaired) electrons. The summed E-state index contributed by atoms with van der Waals surface area (Å²) in [6, 6.07) is 9.24. The first-order chi connectivity index (χ1) is 20.8. The highest BCUT2D eigenvalue weighted by Crippen LogP contribution is 2.43. The lowest BCUT2D eigenvalue weighted by atomic mass is 10.1. The average molecular weight is 610 g/mol. The number of alkyl halides is 1. The number of aromatic nitrogens is 3. The van der Waals surface area contributed by atoms with Crippen LogP contribution in [-0.4, -0.2) is 60.6 Å². The number of hydrogen-bond donors (Lipinski definition) is 1. The Morgan fingerprint density at radius 1 is 1.16 bits per heavy atom. The van der Waals surface area contributed by atoms with Crippen LogP contribution in [0.25, 0.3) is 10.9 Å². The molecule has 4 aromatic rings. The Labute approximate surface area is 244 Å². The van der Waals surface area contributed by atoms with Gasteiger partial charge in [0.15, 0.2) is 0 Å². The fraction of sp³-hybridized carbons (Fsp3) is 0.310. The molecular weight excluding hydrogens is 584 g/mol. The fourth-order valence-electron chi connectivity index (χ4n) is 4.98. The molecule has 1 atom stereocenters. The first-order valence-corrected chi connectivity index (χ1v) is 15.2. The van der Waals surface area contributed by atoms with Crippen LogP contribution in [0.1, 0.15) is 34.5 Å². The van der Waals surface area contributed by atoms with E-state index in [1.165, 1.54) is 0 Å². The zero-order valence-electron chi connectivity index (χ0n) is 22.6. The Morgan fingerprint density at radius 2 is 2.02 bits per heavy atom. The van der Waals surface area contributed by atoms with Crippen LogP contribution in [-0.2, 0) is 27.7 Å². The van der Waals surface area contributed by atoms with Crippen molar-refractivity contribution in [3.63, 3.8) is 0 Å². The van der Waals surface area contributed by atoms with Crippen molar-refractivity contribution in [3.8, 4) is 11.6 Å². The van der Waals surface area contributed by atoms with Gasteiger partial charge in [-0.3, -0.25) is 9.78 Å². The molecule has 1 aromatic carbocycles. The molecule has 3 aliphatic rings. The maximum absolute atomic E-state index is 14.8. The largest absolute Gasteiger partial charge is 0.484 e. The summed E-state index contributed by atoms with van der Waals surface area (Å²) in [5.41, 5.74) is -1.03. The molecule has 11 nitrogen and oxygen atoms in total. The van der Waals surface area contributed by atoms with Crippen LogP contribution in [0.15, 0.2) is 53.7 Å². The highest BCUT2D eigenvalue weighted by atomic mass is 32.2. The number of amides is 1. The van der Waals surface area contributed by atoms with Gasteiger partial charge < -0.3 is 24.4 Å². The fourth-order valence-corrected chi connectivity index (χ4v) is 6.32. The van der Waals surface area contributed by atoms with E-state index < -0.39 is 45.2 Å². The molecule has 1 saturated carbocycles. The van der Waals surface area contributed by atoms with Gasteiger partial charge in [-0.25, -0.2) is 27.2 Å². The second-order valence-corrected chi connectivity index (χ2v) is 12.4. The van der Waals surface area contributed by atoms with Crippen molar-refractivity contribution in [3.05, 3.63) is 71.4 Å². The lowest BCUT2D eigenvalue weighted by molar-refractivity contribution is 0.0938. The first-order valence-electron chi connectivity index (χ1n) is 13.7. The molecule has 0 bridgehead atoms. The van der Waals surface area contributed by atoms with Crippen molar-refractivity contribution in [2.75, 3.05) is 24.7 Å². The quantitative estimate of drug-likeness (QED) is 0.345. The summed E-state index contributed by atoms with van der Waals surface area (Å²) in [6.45, 7) is -0.187. The number of rotatable bonds is 6. The second-order valence-electron chi connectivity index (χ2n) is 10.4. The number of halogens is 2. The standard InChI is InChI=1S/C29H25F2N5O6S/c30-21-9-17(10-24-20(21)14-40-15-25(31)43(24,38)39)28(37)34-13-18-11-22-16(12-33-18)1-4-26(35-22)36-7-8-41-27-23(36)5-6-32-29(27)42-19-2-3-19/h1,4-6,9-12,19,25H,2-3,7-8,13-15H2,(H,34,37)/t25-/m1/s1. The molecule has 7 rings (SSSR count). The predicted molar refractivity (Wildman–Crippen MR) is 149 cm³/mol. The summed E-state index contributed by atoms with van der Waals surface area (Å²) in [4.78, 5) is 27.9. The van der Waals surface area contributed by atoms with Gasteiger partial charge in [-0.2, -0.15) is 0 Å². The summed E-state index contributed by atoms with van der Waals surface area (Å²) >= 11 is 0. The molecule has 43 heavy (non-hydrogen) atoms. The Bertz CT molecular complexity index is 1870. The molecule has 1 fully saturated rings. The number of ether oxygens (including phenoxy) is 3. The summed E-state index contributed by atoms with van der Waals surface area (Å²) in [7, 11) is -4.52. The molecule has 1 amide bonds. The monoisotopic (exact) mass is 609 g/mol. The molecule has 5 heterocycles. The van der Waals surface area contributed by atoms with Crippen molar-refractivity contribution in [2.24, 2.45) is 0 Å². The minimum atomic E-state index is -4.52. The summed E-state index contributed by atoms with van der Waals surface area (Å²) in [6.07, 6.45) is 5.48. The number of nitrogens with zero attached hydrogens (tertiary/aromatic N) is 4. The lowest BCUT2D eigenvalue weighted by Gasteiger charge is -2.31. The second kappa shape index (κ2) is 10.7. The minimum absolute atomic E-state index is 0.0467. The zero-order chi connectivity index (χ0) is 29.7. The Balaban J connectivity index is 1.12. The smallest absolute Gasteiger partial charge is 0.259 e. The molecule has 14 heteroatoms. The third-order valence-corrected chi connectivity index (χ3v) is 9.17. The van der Waals surface area contributed by atoms with E-state index in [0.29, 0.717) is 41.8 Å². The Morgan fingerprint density at radius 3 is 2.86 bits per heavy atom. The van der Waals surface area contributed by atoms with Crippen LogP contribution in [0.3, 0.4) is 0 Å². The van der Waals surface area contributed by atoms with Gasteiger partial charge >= 0.3 is 0 Å². The van der Waals surface area contributed by atoms with Crippen molar-refractivity contribution in [1.82, 2.24) is 20.3 Å².